The summed E-state index contributed by atoms with van der Waals surface area (Å²) in [4.78, 5) is 27.7. The summed E-state index contributed by atoms with van der Waals surface area (Å²) in [6.45, 7) is 4.98. The molecule has 2 aromatic rings. The summed E-state index contributed by atoms with van der Waals surface area (Å²) in [6.07, 6.45) is 0.727. The van der Waals surface area contributed by atoms with Gasteiger partial charge in [0, 0.05) is 26.7 Å². The molecule has 8 nitrogen and oxygen atoms in total. The van der Waals surface area contributed by atoms with Crippen LogP contribution >= 0.6 is 0 Å². The van der Waals surface area contributed by atoms with Crippen molar-refractivity contribution in [2.75, 3.05) is 24.9 Å². The lowest BCUT2D eigenvalue weighted by Gasteiger charge is -2.33. The number of nitrogens with zero attached hydrogens (tertiary/aromatic N) is 3. The largest absolute Gasteiger partial charge is 0.352 e. The first-order chi connectivity index (χ1) is 16.0. The second kappa shape index (κ2) is 11.9. The van der Waals surface area contributed by atoms with Gasteiger partial charge in [-0.1, -0.05) is 37.3 Å². The molecule has 186 valence electrons. The average Bonchev–Trinajstić information content (AvgIpc) is 2.81. The molecule has 1 N–H and O–H groups in total. The number of rotatable bonds is 11. The Bertz CT molecular complexity index is 1060. The molecule has 0 heterocycles. The van der Waals surface area contributed by atoms with E-state index in [1.807, 2.05) is 44.2 Å². The Labute approximate surface area is 201 Å². The Morgan fingerprint density at radius 2 is 1.59 bits per heavy atom. The van der Waals surface area contributed by atoms with E-state index in [1.54, 1.807) is 6.92 Å². The molecule has 2 amide bonds. The zero-order valence-electron chi connectivity index (χ0n) is 20.2. The Morgan fingerprint density at radius 3 is 2.12 bits per heavy atom. The number of halogens is 1. The van der Waals surface area contributed by atoms with Crippen LogP contribution in [0.5, 0.6) is 0 Å². The van der Waals surface area contributed by atoms with Crippen LogP contribution in [-0.4, -0.2) is 62.2 Å². The molecule has 0 aliphatic heterocycles. The van der Waals surface area contributed by atoms with E-state index in [1.165, 1.54) is 31.1 Å². The van der Waals surface area contributed by atoms with Crippen molar-refractivity contribution >= 4 is 27.7 Å². The molecular weight excluding hydrogens is 459 g/mol. The summed E-state index contributed by atoms with van der Waals surface area (Å²) in [5.41, 5.74) is 0.933. The van der Waals surface area contributed by atoms with E-state index < -0.39 is 34.5 Å². The van der Waals surface area contributed by atoms with E-state index in [9.17, 15) is 22.4 Å². The first-order valence-corrected chi connectivity index (χ1v) is 12.5. The fraction of sp³-hybridized carbons (Fsp3) is 0.417. The van der Waals surface area contributed by atoms with Crippen LogP contribution in [0.1, 0.15) is 32.8 Å². The standard InChI is InChI=1S/C24H33FN4O4S/c1-6-18(2)26-24(31)19(3)28(16-20-10-8-7-9-11-20)23(30)17-29(34(32,33)27(4)5)22-14-12-21(25)13-15-22/h7-15,18-19H,6,16-17H2,1-5H3,(H,26,31)/t18-,19+/m1/s1. The highest BCUT2D eigenvalue weighted by Gasteiger charge is 2.32. The van der Waals surface area contributed by atoms with E-state index in [-0.39, 0.29) is 24.2 Å². The molecule has 0 bridgehead atoms. The lowest BCUT2D eigenvalue weighted by molar-refractivity contribution is -0.139. The Morgan fingerprint density at radius 1 is 1.00 bits per heavy atom. The van der Waals surface area contributed by atoms with Crippen molar-refractivity contribution in [2.24, 2.45) is 0 Å². The normalized spacial score (nSPS) is 13.3. The number of hydrogen-bond donors (Lipinski definition) is 1. The molecular formula is C24H33FN4O4S. The van der Waals surface area contributed by atoms with Crippen LogP contribution in [0.15, 0.2) is 54.6 Å². The van der Waals surface area contributed by atoms with Gasteiger partial charge in [0.1, 0.15) is 18.4 Å². The van der Waals surface area contributed by atoms with Crippen LogP contribution in [-0.2, 0) is 26.3 Å². The molecule has 0 aromatic heterocycles. The zero-order chi connectivity index (χ0) is 25.5. The minimum atomic E-state index is -4.08. The summed E-state index contributed by atoms with van der Waals surface area (Å²) >= 11 is 0. The van der Waals surface area contributed by atoms with Crippen molar-refractivity contribution in [2.45, 2.75) is 45.8 Å². The van der Waals surface area contributed by atoms with Gasteiger partial charge >= 0.3 is 10.2 Å². The minimum absolute atomic E-state index is 0.0755. The summed E-state index contributed by atoms with van der Waals surface area (Å²) in [6, 6.07) is 13.1. The van der Waals surface area contributed by atoms with Gasteiger partial charge in [0.25, 0.3) is 0 Å². The van der Waals surface area contributed by atoms with Gasteiger partial charge in [0.05, 0.1) is 5.69 Å². The highest BCUT2D eigenvalue weighted by Crippen LogP contribution is 2.21. The van der Waals surface area contributed by atoms with Crippen LogP contribution in [0.4, 0.5) is 10.1 Å². The van der Waals surface area contributed by atoms with Gasteiger partial charge in [0.2, 0.25) is 11.8 Å². The second-order valence-corrected chi connectivity index (χ2v) is 10.3. The van der Waals surface area contributed by atoms with Crippen molar-refractivity contribution in [1.29, 1.82) is 0 Å². The van der Waals surface area contributed by atoms with E-state index in [4.69, 9.17) is 0 Å². The summed E-state index contributed by atoms with van der Waals surface area (Å²) in [7, 11) is -1.38. The molecule has 0 radical (unpaired) electrons. The first kappa shape index (κ1) is 27.3. The monoisotopic (exact) mass is 492 g/mol. The smallest absolute Gasteiger partial charge is 0.304 e. The molecule has 0 saturated heterocycles. The molecule has 0 unspecified atom stereocenters. The Balaban J connectivity index is 2.41. The van der Waals surface area contributed by atoms with Gasteiger partial charge in [0.15, 0.2) is 0 Å². The second-order valence-electron chi connectivity index (χ2n) is 8.27. The quantitative estimate of drug-likeness (QED) is 0.522. The van der Waals surface area contributed by atoms with Crippen LogP contribution in [0, 0.1) is 5.82 Å². The van der Waals surface area contributed by atoms with Gasteiger partial charge in [-0.25, -0.2) is 8.70 Å². The fourth-order valence-corrected chi connectivity index (χ4v) is 4.21. The highest BCUT2D eigenvalue weighted by atomic mass is 32.2. The molecule has 2 atom stereocenters. The molecule has 2 aromatic carbocycles. The maximum atomic E-state index is 13.5. The van der Waals surface area contributed by atoms with Gasteiger partial charge in [-0.05, 0) is 50.1 Å². The molecule has 10 heteroatoms. The molecule has 0 spiro atoms. The van der Waals surface area contributed by atoms with Crippen molar-refractivity contribution in [1.82, 2.24) is 14.5 Å². The van der Waals surface area contributed by atoms with E-state index in [0.29, 0.717) is 0 Å². The van der Waals surface area contributed by atoms with Crippen LogP contribution < -0.4 is 9.62 Å². The number of carbonyl (C=O) groups excluding carboxylic acids is 2. The predicted molar refractivity (Wildman–Crippen MR) is 131 cm³/mol. The predicted octanol–water partition coefficient (Wildman–Crippen LogP) is 2.77. The van der Waals surface area contributed by atoms with E-state index in [0.717, 1.165) is 32.7 Å². The topological polar surface area (TPSA) is 90.0 Å². The lowest BCUT2D eigenvalue weighted by atomic mass is 10.1. The zero-order valence-corrected chi connectivity index (χ0v) is 21.0. The average molecular weight is 493 g/mol. The van der Waals surface area contributed by atoms with E-state index in [2.05, 4.69) is 5.32 Å². The van der Waals surface area contributed by atoms with Gasteiger partial charge in [-0.2, -0.15) is 12.7 Å². The van der Waals surface area contributed by atoms with Crippen LogP contribution in [0.3, 0.4) is 0 Å². The van der Waals surface area contributed by atoms with Crippen LogP contribution in [0.2, 0.25) is 0 Å². The molecule has 0 saturated carbocycles. The third-order valence-corrected chi connectivity index (χ3v) is 7.32. The maximum Gasteiger partial charge on any atom is 0.304 e. The Hall–Kier alpha value is -2.98. The third-order valence-electron chi connectivity index (χ3n) is 5.50. The van der Waals surface area contributed by atoms with Crippen molar-refractivity contribution in [3.8, 4) is 0 Å². The molecule has 0 aliphatic rings. The van der Waals surface area contributed by atoms with Crippen LogP contribution in [0.25, 0.3) is 0 Å². The number of carbonyl (C=O) groups is 2. The minimum Gasteiger partial charge on any atom is -0.352 e. The SMILES string of the molecule is CC[C@@H](C)NC(=O)[C@H](C)N(Cc1ccccc1)C(=O)CN(c1ccc(F)cc1)S(=O)(=O)N(C)C. The highest BCUT2D eigenvalue weighted by molar-refractivity contribution is 7.90. The molecule has 0 aliphatic carbocycles. The molecule has 34 heavy (non-hydrogen) atoms. The summed E-state index contributed by atoms with van der Waals surface area (Å²) in [5.74, 6) is -1.42. The third kappa shape index (κ3) is 7.01. The van der Waals surface area contributed by atoms with Gasteiger partial charge in [-0.15, -0.1) is 0 Å². The van der Waals surface area contributed by atoms with Crippen molar-refractivity contribution in [3.63, 3.8) is 0 Å². The first-order valence-electron chi connectivity index (χ1n) is 11.1. The summed E-state index contributed by atoms with van der Waals surface area (Å²) in [5, 5.41) is 2.88. The lowest BCUT2D eigenvalue weighted by Crippen LogP contribution is -2.53. The number of anilines is 1. The molecule has 0 fully saturated rings. The number of nitrogens with one attached hydrogen (secondary N) is 1. The Kier molecular flexibility index (Phi) is 9.57. The maximum absolute atomic E-state index is 13.5. The summed E-state index contributed by atoms with van der Waals surface area (Å²) < 4.78 is 41.4. The van der Waals surface area contributed by atoms with E-state index >= 15 is 0 Å². The molecule has 2 rings (SSSR count). The van der Waals surface area contributed by atoms with Gasteiger partial charge < -0.3 is 10.2 Å². The number of hydrogen-bond acceptors (Lipinski definition) is 4. The number of amides is 2. The van der Waals surface area contributed by atoms with Crippen molar-refractivity contribution in [3.05, 3.63) is 66.0 Å². The van der Waals surface area contributed by atoms with Crippen molar-refractivity contribution < 1.29 is 22.4 Å². The number of benzene rings is 2. The van der Waals surface area contributed by atoms with Gasteiger partial charge in [-0.3, -0.25) is 9.59 Å². The fourth-order valence-electron chi connectivity index (χ4n) is 3.15.